The first-order valence-electron chi connectivity index (χ1n) is 5.42. The second-order valence-electron chi connectivity index (χ2n) is 3.65. The van der Waals surface area contributed by atoms with Crippen LogP contribution in [0.4, 0.5) is 5.82 Å². The van der Waals surface area contributed by atoms with Crippen LogP contribution in [0.5, 0.6) is 11.5 Å². The number of nitrogens with zero attached hydrogens (tertiary/aromatic N) is 2. The maximum atomic E-state index is 9.14. The largest absolute Gasteiger partial charge is 0.508 e. The lowest BCUT2D eigenvalue weighted by molar-refractivity contribution is 0.289. The minimum Gasteiger partial charge on any atom is -0.508 e. The molecule has 1 aromatic carbocycles. The number of aromatic nitrogens is 2. The van der Waals surface area contributed by atoms with E-state index < -0.39 is 0 Å². The molecule has 2 aromatic rings. The summed E-state index contributed by atoms with van der Waals surface area (Å²) in [4.78, 5) is 4.18. The lowest BCUT2D eigenvalue weighted by Crippen LogP contribution is -2.05. The predicted molar refractivity (Wildman–Crippen MR) is 64.8 cm³/mol. The zero-order chi connectivity index (χ0) is 12.3. The van der Waals surface area contributed by atoms with Gasteiger partial charge in [-0.25, -0.2) is 4.98 Å². The molecule has 0 unspecified atom stereocenters. The summed E-state index contributed by atoms with van der Waals surface area (Å²) in [6.45, 7) is 3.18. The maximum Gasteiger partial charge on any atom is 0.149 e. The Bertz CT molecular complexity index is 491. The Labute approximate surface area is 99.5 Å². The van der Waals surface area contributed by atoms with Gasteiger partial charge in [-0.15, -0.1) is 0 Å². The maximum absolute atomic E-state index is 9.14. The van der Waals surface area contributed by atoms with Crippen LogP contribution in [0, 0.1) is 0 Å². The summed E-state index contributed by atoms with van der Waals surface area (Å²) in [7, 11) is 0. The number of aromatic hydroxyl groups is 1. The van der Waals surface area contributed by atoms with E-state index in [4.69, 9.17) is 15.6 Å². The number of hydrogen-bond acceptors (Lipinski definition) is 4. The van der Waals surface area contributed by atoms with Crippen molar-refractivity contribution in [3.8, 4) is 11.5 Å². The van der Waals surface area contributed by atoms with Crippen molar-refractivity contribution in [3.63, 3.8) is 0 Å². The lowest BCUT2D eigenvalue weighted by Gasteiger charge is -2.07. The third-order valence-electron chi connectivity index (χ3n) is 2.42. The average Bonchev–Trinajstić information content (AvgIpc) is 2.69. The molecule has 17 heavy (non-hydrogen) atoms. The van der Waals surface area contributed by atoms with E-state index in [-0.39, 0.29) is 5.75 Å². The molecule has 0 bridgehead atoms. The highest BCUT2D eigenvalue weighted by Crippen LogP contribution is 2.17. The van der Waals surface area contributed by atoms with E-state index in [1.54, 1.807) is 30.5 Å². The topological polar surface area (TPSA) is 73.3 Å². The van der Waals surface area contributed by atoms with Crippen LogP contribution in [-0.4, -0.2) is 14.7 Å². The minimum atomic E-state index is 0.219. The average molecular weight is 233 g/mol. The van der Waals surface area contributed by atoms with E-state index >= 15 is 0 Å². The fourth-order valence-electron chi connectivity index (χ4n) is 1.56. The van der Waals surface area contributed by atoms with Gasteiger partial charge < -0.3 is 20.1 Å². The summed E-state index contributed by atoms with van der Waals surface area (Å²) < 4.78 is 7.49. The van der Waals surface area contributed by atoms with Gasteiger partial charge in [0.25, 0.3) is 0 Å². The van der Waals surface area contributed by atoms with Gasteiger partial charge >= 0.3 is 0 Å². The second kappa shape index (κ2) is 4.78. The van der Waals surface area contributed by atoms with Crippen LogP contribution >= 0.6 is 0 Å². The van der Waals surface area contributed by atoms with Crippen molar-refractivity contribution in [1.29, 1.82) is 0 Å². The van der Waals surface area contributed by atoms with Gasteiger partial charge in [-0.3, -0.25) is 0 Å². The first-order chi connectivity index (χ1) is 8.19. The van der Waals surface area contributed by atoms with Crippen molar-refractivity contribution in [3.05, 3.63) is 36.3 Å². The molecule has 5 heteroatoms. The van der Waals surface area contributed by atoms with Gasteiger partial charge in [0.05, 0.1) is 0 Å². The van der Waals surface area contributed by atoms with Gasteiger partial charge in [-0.05, 0) is 31.2 Å². The van der Waals surface area contributed by atoms with Crippen LogP contribution in [-0.2, 0) is 13.2 Å². The zero-order valence-electron chi connectivity index (χ0n) is 9.63. The molecule has 0 aliphatic heterocycles. The number of phenols is 1. The van der Waals surface area contributed by atoms with Gasteiger partial charge in [0, 0.05) is 12.7 Å². The first-order valence-corrected chi connectivity index (χ1v) is 5.42. The Balaban J connectivity index is 2.04. The Hall–Kier alpha value is -2.17. The van der Waals surface area contributed by atoms with E-state index in [1.165, 1.54) is 0 Å². The number of benzene rings is 1. The van der Waals surface area contributed by atoms with E-state index in [0.29, 0.717) is 18.2 Å². The van der Waals surface area contributed by atoms with Crippen LogP contribution in [0.1, 0.15) is 12.7 Å². The van der Waals surface area contributed by atoms with Crippen LogP contribution in [0.2, 0.25) is 0 Å². The predicted octanol–water partition coefficient (Wildman–Crippen LogP) is 1.77. The van der Waals surface area contributed by atoms with Crippen LogP contribution in [0.15, 0.2) is 30.5 Å². The molecule has 0 saturated carbocycles. The molecule has 1 heterocycles. The minimum absolute atomic E-state index is 0.219. The molecule has 0 amide bonds. The molecule has 90 valence electrons. The number of rotatable bonds is 4. The fourth-order valence-corrected chi connectivity index (χ4v) is 1.56. The highest BCUT2D eigenvalue weighted by molar-refractivity contribution is 5.30. The Morgan fingerprint density at radius 1 is 1.35 bits per heavy atom. The molecular weight excluding hydrogens is 218 g/mol. The molecule has 1 aromatic heterocycles. The normalized spacial score (nSPS) is 10.4. The molecule has 3 N–H and O–H groups in total. The Morgan fingerprint density at radius 2 is 2.06 bits per heavy atom. The number of nitrogens with two attached hydrogens (primary N) is 1. The quantitative estimate of drug-likeness (QED) is 0.844. The standard InChI is InChI=1S/C12H15N3O2/c1-2-15-7-11(13)14-12(15)8-17-10-5-3-9(16)4-6-10/h3-7,16H,2,8,13H2,1H3. The molecule has 0 spiro atoms. The highest BCUT2D eigenvalue weighted by Gasteiger charge is 2.05. The van der Waals surface area contributed by atoms with Crippen molar-refractivity contribution in [2.24, 2.45) is 0 Å². The van der Waals surface area contributed by atoms with Crippen molar-refractivity contribution in [2.45, 2.75) is 20.1 Å². The summed E-state index contributed by atoms with van der Waals surface area (Å²) in [6, 6.07) is 6.57. The van der Waals surface area contributed by atoms with Crippen molar-refractivity contribution in [2.75, 3.05) is 5.73 Å². The van der Waals surface area contributed by atoms with E-state index in [2.05, 4.69) is 4.98 Å². The van der Waals surface area contributed by atoms with E-state index in [9.17, 15) is 0 Å². The molecule has 0 fully saturated rings. The third-order valence-corrected chi connectivity index (χ3v) is 2.42. The van der Waals surface area contributed by atoms with Crippen LogP contribution in [0.3, 0.4) is 0 Å². The summed E-state index contributed by atoms with van der Waals surface area (Å²) in [6.07, 6.45) is 1.79. The number of imidazole rings is 1. The summed E-state index contributed by atoms with van der Waals surface area (Å²) in [5, 5.41) is 9.14. The molecule has 0 radical (unpaired) electrons. The highest BCUT2D eigenvalue weighted by atomic mass is 16.5. The van der Waals surface area contributed by atoms with Gasteiger partial charge in [-0.2, -0.15) is 0 Å². The van der Waals surface area contributed by atoms with Gasteiger partial charge in [-0.1, -0.05) is 0 Å². The second-order valence-corrected chi connectivity index (χ2v) is 3.65. The molecule has 0 aliphatic rings. The number of anilines is 1. The fraction of sp³-hybridized carbons (Fsp3) is 0.250. The molecule has 0 aliphatic carbocycles. The van der Waals surface area contributed by atoms with Crippen molar-refractivity contribution < 1.29 is 9.84 Å². The third kappa shape index (κ3) is 2.69. The lowest BCUT2D eigenvalue weighted by atomic mass is 10.3. The van der Waals surface area contributed by atoms with Gasteiger partial charge in [0.15, 0.2) is 0 Å². The number of aryl methyl sites for hydroxylation is 1. The Kier molecular flexibility index (Phi) is 3.18. The van der Waals surface area contributed by atoms with E-state index in [0.717, 1.165) is 12.4 Å². The number of nitrogen functional groups attached to an aromatic ring is 1. The molecular formula is C12H15N3O2. The smallest absolute Gasteiger partial charge is 0.149 e. The monoisotopic (exact) mass is 233 g/mol. The number of phenolic OH excluding ortho intramolecular Hbond substituents is 1. The zero-order valence-corrected chi connectivity index (χ0v) is 9.63. The van der Waals surface area contributed by atoms with Crippen LogP contribution in [0.25, 0.3) is 0 Å². The molecule has 2 rings (SSSR count). The number of ether oxygens (including phenoxy) is 1. The van der Waals surface area contributed by atoms with Crippen LogP contribution < -0.4 is 10.5 Å². The molecule has 5 nitrogen and oxygen atoms in total. The van der Waals surface area contributed by atoms with E-state index in [1.807, 2.05) is 11.5 Å². The number of hydrogen-bond donors (Lipinski definition) is 2. The SMILES string of the molecule is CCn1cc(N)nc1COc1ccc(O)cc1. The summed E-state index contributed by atoms with van der Waals surface area (Å²) >= 11 is 0. The van der Waals surface area contributed by atoms with Crippen molar-refractivity contribution in [1.82, 2.24) is 9.55 Å². The van der Waals surface area contributed by atoms with Crippen molar-refractivity contribution >= 4 is 5.82 Å². The first kappa shape index (κ1) is 11.3. The Morgan fingerprint density at radius 3 is 2.71 bits per heavy atom. The summed E-state index contributed by atoms with van der Waals surface area (Å²) in [5.74, 6) is 2.19. The molecule has 0 saturated heterocycles. The molecule has 0 atom stereocenters. The van der Waals surface area contributed by atoms with Gasteiger partial charge in [0.1, 0.15) is 29.7 Å². The summed E-state index contributed by atoms with van der Waals surface area (Å²) in [5.41, 5.74) is 5.62. The van der Waals surface area contributed by atoms with Gasteiger partial charge in [0.2, 0.25) is 0 Å².